The Kier molecular flexibility index (Phi) is 6.15. The monoisotopic (exact) mass is 281 g/mol. The van der Waals surface area contributed by atoms with Gasteiger partial charge in [0, 0.05) is 25.6 Å². The molecule has 0 atom stereocenters. The topological polar surface area (TPSA) is 46.6 Å². The van der Waals surface area contributed by atoms with E-state index in [1.54, 1.807) is 17.9 Å². The third kappa shape index (κ3) is 4.05. The maximum absolute atomic E-state index is 13.6. The van der Waals surface area contributed by atoms with Crippen LogP contribution in [0.2, 0.25) is 0 Å². The molecule has 1 aromatic carbocycles. The SMILES string of the molecule is CC(=O)N1CCc2c(C)ccc(F)c2C1.CCOC=O. The van der Waals surface area contributed by atoms with E-state index in [-0.39, 0.29) is 11.7 Å². The number of carbonyl (C=O) groups is 2. The molecule has 1 aromatic rings. The number of benzene rings is 1. The fourth-order valence-electron chi connectivity index (χ4n) is 2.15. The number of fused-ring (bicyclic) bond motifs is 1. The van der Waals surface area contributed by atoms with Gasteiger partial charge in [0.1, 0.15) is 5.82 Å². The van der Waals surface area contributed by atoms with Crippen LogP contribution < -0.4 is 0 Å². The van der Waals surface area contributed by atoms with Crippen molar-refractivity contribution in [2.45, 2.75) is 33.7 Å². The Bertz CT molecular complexity index is 488. The van der Waals surface area contributed by atoms with Crippen molar-refractivity contribution in [3.63, 3.8) is 0 Å². The first kappa shape index (κ1) is 16.1. The zero-order valence-corrected chi connectivity index (χ0v) is 12.1. The molecule has 0 fully saturated rings. The summed E-state index contributed by atoms with van der Waals surface area (Å²) in [6, 6.07) is 3.29. The summed E-state index contributed by atoms with van der Waals surface area (Å²) in [6.07, 6.45) is 0.762. The van der Waals surface area contributed by atoms with E-state index in [0.717, 1.165) is 17.5 Å². The summed E-state index contributed by atoms with van der Waals surface area (Å²) < 4.78 is 17.7. The number of ether oxygens (including phenoxy) is 1. The molecule has 1 aliphatic rings. The van der Waals surface area contributed by atoms with Gasteiger partial charge in [-0.15, -0.1) is 0 Å². The summed E-state index contributed by atoms with van der Waals surface area (Å²) in [5, 5.41) is 0. The van der Waals surface area contributed by atoms with E-state index in [0.29, 0.717) is 31.7 Å². The Labute approximate surface area is 118 Å². The molecule has 0 N–H and O–H groups in total. The summed E-state index contributed by atoms with van der Waals surface area (Å²) in [4.78, 5) is 22.1. The number of carbonyl (C=O) groups excluding carboxylic acids is 2. The second kappa shape index (κ2) is 7.62. The maximum Gasteiger partial charge on any atom is 0.293 e. The van der Waals surface area contributed by atoms with E-state index in [1.165, 1.54) is 13.0 Å². The van der Waals surface area contributed by atoms with E-state index >= 15 is 0 Å². The zero-order valence-electron chi connectivity index (χ0n) is 12.1. The molecule has 4 nitrogen and oxygen atoms in total. The number of nitrogens with zero attached hydrogens (tertiary/aromatic N) is 1. The highest BCUT2D eigenvalue weighted by atomic mass is 19.1. The van der Waals surface area contributed by atoms with Gasteiger partial charge in [-0.25, -0.2) is 4.39 Å². The lowest BCUT2D eigenvalue weighted by Gasteiger charge is -2.29. The summed E-state index contributed by atoms with van der Waals surface area (Å²) in [5.74, 6) is -0.178. The van der Waals surface area contributed by atoms with Crippen molar-refractivity contribution in [1.82, 2.24) is 4.90 Å². The van der Waals surface area contributed by atoms with Gasteiger partial charge in [0.05, 0.1) is 6.61 Å². The first-order valence-electron chi connectivity index (χ1n) is 6.58. The van der Waals surface area contributed by atoms with Crippen LogP contribution in [-0.2, 0) is 27.3 Å². The van der Waals surface area contributed by atoms with Crippen molar-refractivity contribution >= 4 is 12.4 Å². The second-order valence-corrected chi connectivity index (χ2v) is 4.56. The van der Waals surface area contributed by atoms with Crippen LogP contribution >= 0.6 is 0 Å². The van der Waals surface area contributed by atoms with Gasteiger partial charge < -0.3 is 9.64 Å². The van der Waals surface area contributed by atoms with Crippen LogP contribution in [0.4, 0.5) is 4.39 Å². The molecule has 0 radical (unpaired) electrons. The highest BCUT2D eigenvalue weighted by Crippen LogP contribution is 2.24. The van der Waals surface area contributed by atoms with Crippen LogP contribution in [0.15, 0.2) is 12.1 Å². The summed E-state index contributed by atoms with van der Waals surface area (Å²) in [5.41, 5.74) is 2.89. The first-order valence-corrected chi connectivity index (χ1v) is 6.58. The molecule has 0 aliphatic carbocycles. The highest BCUT2D eigenvalue weighted by Gasteiger charge is 2.21. The number of hydrogen-bond donors (Lipinski definition) is 0. The molecule has 0 bridgehead atoms. The molecule has 1 aliphatic heterocycles. The molecule has 0 saturated carbocycles. The number of hydrogen-bond acceptors (Lipinski definition) is 3. The van der Waals surface area contributed by atoms with Gasteiger partial charge in [-0.2, -0.15) is 0 Å². The molecule has 20 heavy (non-hydrogen) atoms. The quantitative estimate of drug-likeness (QED) is 0.781. The van der Waals surface area contributed by atoms with Gasteiger partial charge in [-0.1, -0.05) is 6.07 Å². The first-order chi connectivity index (χ1) is 9.51. The Morgan fingerprint density at radius 2 is 2.15 bits per heavy atom. The van der Waals surface area contributed by atoms with Crippen LogP contribution in [0, 0.1) is 12.7 Å². The van der Waals surface area contributed by atoms with Crippen molar-refractivity contribution < 1.29 is 18.7 Å². The van der Waals surface area contributed by atoms with Crippen molar-refractivity contribution in [3.05, 3.63) is 34.6 Å². The van der Waals surface area contributed by atoms with Crippen LogP contribution in [0.25, 0.3) is 0 Å². The minimum atomic E-state index is -0.193. The number of aryl methyl sites for hydroxylation is 1. The molecule has 1 amide bonds. The summed E-state index contributed by atoms with van der Waals surface area (Å²) in [7, 11) is 0. The smallest absolute Gasteiger partial charge is 0.293 e. The molecule has 0 unspecified atom stereocenters. The molecule has 1 heterocycles. The van der Waals surface area contributed by atoms with Gasteiger partial charge in [0.25, 0.3) is 6.47 Å². The average Bonchev–Trinajstić information content (AvgIpc) is 2.44. The second-order valence-electron chi connectivity index (χ2n) is 4.56. The standard InChI is InChI=1S/C12H14FNO.C3H6O2/c1-8-3-4-12(13)11-7-14(9(2)15)6-5-10(8)11;1-2-5-3-4/h3-4H,5-7H2,1-2H3;3H,2H2,1H3. The van der Waals surface area contributed by atoms with Crippen LogP contribution in [0.1, 0.15) is 30.5 Å². The van der Waals surface area contributed by atoms with E-state index in [4.69, 9.17) is 0 Å². The molecule has 2 rings (SSSR count). The lowest BCUT2D eigenvalue weighted by Crippen LogP contribution is -2.35. The van der Waals surface area contributed by atoms with E-state index in [2.05, 4.69) is 4.74 Å². The molecule has 0 spiro atoms. The lowest BCUT2D eigenvalue weighted by molar-refractivity contribution is -0.130. The largest absolute Gasteiger partial charge is 0.468 e. The Morgan fingerprint density at radius 1 is 1.45 bits per heavy atom. The normalized spacial score (nSPS) is 12.9. The van der Waals surface area contributed by atoms with Crippen molar-refractivity contribution in [3.8, 4) is 0 Å². The van der Waals surface area contributed by atoms with Crippen LogP contribution in [0.3, 0.4) is 0 Å². The fraction of sp³-hybridized carbons (Fsp3) is 0.467. The van der Waals surface area contributed by atoms with Gasteiger partial charge >= 0.3 is 0 Å². The fourth-order valence-corrected chi connectivity index (χ4v) is 2.15. The third-order valence-corrected chi connectivity index (χ3v) is 3.27. The minimum Gasteiger partial charge on any atom is -0.468 e. The molecular weight excluding hydrogens is 261 g/mol. The Balaban J connectivity index is 0.000000347. The Hall–Kier alpha value is -1.91. The van der Waals surface area contributed by atoms with Gasteiger partial charge in [-0.3, -0.25) is 9.59 Å². The molecule has 0 saturated heterocycles. The average molecular weight is 281 g/mol. The number of amides is 1. The van der Waals surface area contributed by atoms with Crippen LogP contribution in [0.5, 0.6) is 0 Å². The van der Waals surface area contributed by atoms with Crippen molar-refractivity contribution in [2.75, 3.05) is 13.2 Å². The molecule has 0 aromatic heterocycles. The molecule has 110 valence electrons. The minimum absolute atomic E-state index is 0.0153. The number of halogens is 1. The van der Waals surface area contributed by atoms with E-state index < -0.39 is 0 Å². The zero-order chi connectivity index (χ0) is 15.1. The Morgan fingerprint density at radius 3 is 2.65 bits per heavy atom. The van der Waals surface area contributed by atoms with Gasteiger partial charge in [0.2, 0.25) is 5.91 Å². The van der Waals surface area contributed by atoms with Gasteiger partial charge in [-0.05, 0) is 37.5 Å². The maximum atomic E-state index is 13.6. The van der Waals surface area contributed by atoms with Crippen molar-refractivity contribution in [2.24, 2.45) is 0 Å². The van der Waals surface area contributed by atoms with E-state index in [9.17, 15) is 14.0 Å². The number of rotatable bonds is 2. The molecular formula is C15H20FNO3. The summed E-state index contributed by atoms with van der Waals surface area (Å²) in [6.45, 7) is 7.29. The predicted octanol–water partition coefficient (Wildman–Crippen LogP) is 2.22. The highest BCUT2D eigenvalue weighted by molar-refractivity contribution is 5.73. The lowest BCUT2D eigenvalue weighted by atomic mass is 9.95. The van der Waals surface area contributed by atoms with Crippen LogP contribution in [-0.4, -0.2) is 30.4 Å². The van der Waals surface area contributed by atoms with E-state index in [1.807, 2.05) is 6.92 Å². The summed E-state index contributed by atoms with van der Waals surface area (Å²) >= 11 is 0. The van der Waals surface area contributed by atoms with Crippen molar-refractivity contribution in [1.29, 1.82) is 0 Å². The molecule has 5 heteroatoms. The predicted molar refractivity (Wildman–Crippen MR) is 73.6 cm³/mol. The third-order valence-electron chi connectivity index (χ3n) is 3.27. The van der Waals surface area contributed by atoms with Gasteiger partial charge in [0.15, 0.2) is 0 Å².